The predicted molar refractivity (Wildman–Crippen MR) is 127 cm³/mol. The van der Waals surface area contributed by atoms with Gasteiger partial charge in [-0.1, -0.05) is 42.8 Å². The van der Waals surface area contributed by atoms with E-state index < -0.39 is 5.97 Å². The molecule has 0 aromatic heterocycles. The zero-order chi connectivity index (χ0) is 23.6. The third kappa shape index (κ3) is 4.45. The number of allylic oxidation sites excluding steroid dienone is 2. The van der Waals surface area contributed by atoms with Crippen LogP contribution in [0.1, 0.15) is 55.2 Å². The van der Waals surface area contributed by atoms with Crippen LogP contribution < -0.4 is 4.74 Å². The molecule has 33 heavy (non-hydrogen) atoms. The number of aromatic hydroxyl groups is 1. The number of Topliss-reactive ketones (excluding diaryl/α,β-unsaturated/α-hetero) is 1. The summed E-state index contributed by atoms with van der Waals surface area (Å²) in [5.74, 6) is 1.46. The van der Waals surface area contributed by atoms with Gasteiger partial charge in [0.2, 0.25) is 0 Å². The van der Waals surface area contributed by atoms with Gasteiger partial charge in [0.25, 0.3) is 0 Å². The largest absolute Gasteiger partial charge is 0.508 e. The average molecular weight is 447 g/mol. The molecule has 5 rings (SSSR count). The molecule has 2 aromatic carbocycles. The fourth-order valence-corrected chi connectivity index (χ4v) is 5.70. The van der Waals surface area contributed by atoms with Crippen molar-refractivity contribution in [3.8, 4) is 11.5 Å². The maximum absolute atomic E-state index is 12.2. The van der Waals surface area contributed by atoms with Crippen molar-refractivity contribution in [1.82, 2.24) is 0 Å². The number of carbonyl (C=O) groups excluding carboxylic acids is 1. The molecule has 0 bridgehead atoms. The lowest BCUT2D eigenvalue weighted by Crippen LogP contribution is -2.37. The Morgan fingerprint density at radius 2 is 1.97 bits per heavy atom. The number of aliphatic carboxylic acids is 1. The highest BCUT2D eigenvalue weighted by atomic mass is 16.5. The van der Waals surface area contributed by atoms with Crippen LogP contribution >= 0.6 is 0 Å². The van der Waals surface area contributed by atoms with Gasteiger partial charge in [-0.3, -0.25) is 4.79 Å². The van der Waals surface area contributed by atoms with Gasteiger partial charge >= 0.3 is 5.97 Å². The number of benzene rings is 2. The van der Waals surface area contributed by atoms with Crippen molar-refractivity contribution in [2.45, 2.75) is 44.9 Å². The molecule has 3 unspecified atom stereocenters. The van der Waals surface area contributed by atoms with E-state index in [1.807, 2.05) is 18.2 Å². The first kappa shape index (κ1) is 22.8. The molecule has 0 spiro atoms. The van der Waals surface area contributed by atoms with Gasteiger partial charge in [0.1, 0.15) is 17.3 Å². The minimum atomic E-state index is -0.967. The summed E-state index contributed by atoms with van der Waals surface area (Å²) in [6.07, 6.45) is 9.70. The van der Waals surface area contributed by atoms with Crippen LogP contribution in [0.5, 0.6) is 11.5 Å². The van der Waals surface area contributed by atoms with Crippen molar-refractivity contribution >= 4 is 17.8 Å². The second kappa shape index (κ2) is 9.26. The number of hydrogen-bond donors (Lipinski definition) is 2. The van der Waals surface area contributed by atoms with Crippen LogP contribution in [0.2, 0.25) is 0 Å². The van der Waals surface area contributed by atoms with Crippen molar-refractivity contribution in [2.24, 2.45) is 11.3 Å². The lowest BCUT2D eigenvalue weighted by molar-refractivity contribution is -0.131. The summed E-state index contributed by atoms with van der Waals surface area (Å²) >= 11 is 0. The number of para-hydroxylation sites is 1. The van der Waals surface area contributed by atoms with E-state index in [4.69, 9.17) is 9.84 Å². The number of phenolic OH excluding ortho intramolecular Hbond substituents is 1. The van der Waals surface area contributed by atoms with Gasteiger partial charge < -0.3 is 14.9 Å². The van der Waals surface area contributed by atoms with Crippen LogP contribution in [0.3, 0.4) is 0 Å². The van der Waals surface area contributed by atoms with E-state index in [0.717, 1.165) is 43.7 Å². The van der Waals surface area contributed by atoms with Gasteiger partial charge in [0, 0.05) is 29.4 Å². The van der Waals surface area contributed by atoms with Gasteiger partial charge in [-0.25, -0.2) is 4.79 Å². The SMILES string of the molecule is CC12CCC3C(=CCc4cc(O)ccc43)C1CCC2=O.COc1ccccc1C=CC(=O)O. The lowest BCUT2D eigenvalue weighted by atomic mass is 9.60. The highest BCUT2D eigenvalue weighted by Crippen LogP contribution is 2.57. The number of carbonyl (C=O) groups is 2. The number of rotatable bonds is 3. The summed E-state index contributed by atoms with van der Waals surface area (Å²) in [6.45, 7) is 2.18. The summed E-state index contributed by atoms with van der Waals surface area (Å²) in [6, 6.07) is 13.0. The third-order valence-electron chi connectivity index (χ3n) is 7.43. The summed E-state index contributed by atoms with van der Waals surface area (Å²) in [7, 11) is 1.55. The first-order valence-corrected chi connectivity index (χ1v) is 11.4. The molecule has 3 aliphatic carbocycles. The summed E-state index contributed by atoms with van der Waals surface area (Å²) in [5.41, 5.74) is 4.79. The zero-order valence-corrected chi connectivity index (χ0v) is 19.1. The highest BCUT2D eigenvalue weighted by Gasteiger charge is 2.52. The van der Waals surface area contributed by atoms with E-state index in [9.17, 15) is 14.7 Å². The van der Waals surface area contributed by atoms with E-state index >= 15 is 0 Å². The first-order chi connectivity index (χ1) is 15.8. The van der Waals surface area contributed by atoms with Crippen molar-refractivity contribution < 1.29 is 24.5 Å². The fourth-order valence-electron chi connectivity index (χ4n) is 5.70. The number of carboxylic acids is 1. The fraction of sp³-hybridized carbons (Fsp3) is 0.357. The summed E-state index contributed by atoms with van der Waals surface area (Å²) in [5, 5.41) is 18.1. The molecule has 0 heterocycles. The van der Waals surface area contributed by atoms with E-state index in [0.29, 0.717) is 29.1 Å². The van der Waals surface area contributed by atoms with Crippen LogP contribution in [-0.2, 0) is 16.0 Å². The second-order valence-electron chi connectivity index (χ2n) is 9.23. The molecule has 0 aliphatic heterocycles. The quantitative estimate of drug-likeness (QED) is 0.478. The molecule has 0 amide bonds. The normalized spacial score (nSPS) is 25.3. The van der Waals surface area contributed by atoms with Crippen LogP contribution in [0.15, 0.2) is 60.2 Å². The molecular formula is C28H30O5. The Labute approximate surface area is 194 Å². The number of fused-ring (bicyclic) bond motifs is 5. The number of phenols is 1. The van der Waals surface area contributed by atoms with Crippen molar-refractivity contribution in [3.05, 3.63) is 76.9 Å². The molecule has 5 heteroatoms. The molecule has 3 atom stereocenters. The van der Waals surface area contributed by atoms with Crippen LogP contribution in [0, 0.1) is 11.3 Å². The van der Waals surface area contributed by atoms with Crippen molar-refractivity contribution in [3.63, 3.8) is 0 Å². The van der Waals surface area contributed by atoms with E-state index in [2.05, 4.69) is 19.1 Å². The number of carboxylic acid groups (broad SMARTS) is 1. The molecule has 2 aromatic rings. The smallest absolute Gasteiger partial charge is 0.328 e. The lowest BCUT2D eigenvalue weighted by Gasteiger charge is -2.43. The Morgan fingerprint density at radius 1 is 1.18 bits per heavy atom. The van der Waals surface area contributed by atoms with Crippen molar-refractivity contribution in [2.75, 3.05) is 7.11 Å². The number of ether oxygens (including phenoxy) is 1. The van der Waals surface area contributed by atoms with Gasteiger partial charge in [0.15, 0.2) is 0 Å². The minimum Gasteiger partial charge on any atom is -0.508 e. The van der Waals surface area contributed by atoms with E-state index in [1.54, 1.807) is 25.3 Å². The summed E-state index contributed by atoms with van der Waals surface area (Å²) < 4.78 is 5.03. The molecule has 5 nitrogen and oxygen atoms in total. The number of ketones is 1. The molecule has 0 radical (unpaired) electrons. The number of hydrogen-bond acceptors (Lipinski definition) is 4. The Kier molecular flexibility index (Phi) is 6.41. The van der Waals surface area contributed by atoms with Crippen LogP contribution in [-0.4, -0.2) is 29.1 Å². The maximum Gasteiger partial charge on any atom is 0.328 e. The van der Waals surface area contributed by atoms with Crippen LogP contribution in [0.25, 0.3) is 6.08 Å². The third-order valence-corrected chi connectivity index (χ3v) is 7.43. The molecule has 2 fully saturated rings. The zero-order valence-electron chi connectivity index (χ0n) is 19.1. The Bertz CT molecular complexity index is 1130. The van der Waals surface area contributed by atoms with Gasteiger partial charge in [0.05, 0.1) is 7.11 Å². The van der Waals surface area contributed by atoms with E-state index in [1.165, 1.54) is 22.8 Å². The molecule has 2 saturated carbocycles. The molecule has 2 N–H and O–H groups in total. The average Bonchev–Trinajstić information content (AvgIpc) is 3.12. The topological polar surface area (TPSA) is 83.8 Å². The van der Waals surface area contributed by atoms with Crippen LogP contribution in [0.4, 0.5) is 0 Å². The standard InChI is InChI=1S/C18H20O2.C10H10O3/c1-18-9-8-14-13-5-3-12(19)10-11(13)2-4-15(14)16(18)6-7-17(18)20;1-13-9-5-3-2-4-8(9)6-7-10(11)12/h3-5,10,14,16,19H,2,6-9H2,1H3;2-7H,1H3,(H,11,12). The first-order valence-electron chi connectivity index (χ1n) is 11.4. The maximum atomic E-state index is 12.2. The monoisotopic (exact) mass is 446 g/mol. The Morgan fingerprint density at radius 3 is 2.73 bits per heavy atom. The number of methoxy groups -OCH3 is 1. The van der Waals surface area contributed by atoms with Gasteiger partial charge in [-0.2, -0.15) is 0 Å². The summed E-state index contributed by atoms with van der Waals surface area (Å²) in [4.78, 5) is 22.5. The Balaban J connectivity index is 0.000000174. The molecule has 3 aliphatic rings. The predicted octanol–water partition coefficient (Wildman–Crippen LogP) is 5.53. The highest BCUT2D eigenvalue weighted by molar-refractivity contribution is 5.88. The van der Waals surface area contributed by atoms with E-state index in [-0.39, 0.29) is 5.41 Å². The minimum absolute atomic E-state index is 0.100. The molecule has 0 saturated heterocycles. The van der Waals surface area contributed by atoms with Crippen molar-refractivity contribution in [1.29, 1.82) is 0 Å². The molecule has 172 valence electrons. The molecular weight excluding hydrogens is 416 g/mol. The van der Waals surface area contributed by atoms with Gasteiger partial charge in [-0.05, 0) is 67.0 Å². The second-order valence-corrected chi connectivity index (χ2v) is 9.23. The Hall–Kier alpha value is -3.34. The van der Waals surface area contributed by atoms with Gasteiger partial charge in [-0.15, -0.1) is 0 Å².